The standard InChI is InChI=1S/C17H27NO/c1-3-18(16-11-9-14(2)10-12-16)13-17(19)15-7-5-4-6-8-15/h9-12,15,17,19H,3-8,13H2,1-2H3. The Kier molecular flexibility index (Phi) is 5.26. The van der Waals surface area contributed by atoms with Crippen LogP contribution in [0.1, 0.15) is 44.6 Å². The van der Waals surface area contributed by atoms with Crippen molar-refractivity contribution in [1.29, 1.82) is 0 Å². The molecule has 1 aliphatic rings. The van der Waals surface area contributed by atoms with Crippen LogP contribution >= 0.6 is 0 Å². The van der Waals surface area contributed by atoms with E-state index in [2.05, 4.69) is 43.0 Å². The minimum absolute atomic E-state index is 0.179. The third-order valence-corrected chi connectivity index (χ3v) is 4.38. The Hall–Kier alpha value is -1.02. The normalized spacial score (nSPS) is 18.3. The largest absolute Gasteiger partial charge is 0.391 e. The third-order valence-electron chi connectivity index (χ3n) is 4.38. The molecule has 1 saturated carbocycles. The Balaban J connectivity index is 1.96. The van der Waals surface area contributed by atoms with Crippen molar-refractivity contribution in [2.24, 2.45) is 5.92 Å². The molecule has 2 nitrogen and oxygen atoms in total. The van der Waals surface area contributed by atoms with Crippen molar-refractivity contribution in [3.63, 3.8) is 0 Å². The van der Waals surface area contributed by atoms with Crippen molar-refractivity contribution in [3.8, 4) is 0 Å². The van der Waals surface area contributed by atoms with Crippen LogP contribution in [0, 0.1) is 12.8 Å². The van der Waals surface area contributed by atoms with E-state index in [1.165, 1.54) is 43.4 Å². The number of aliphatic hydroxyl groups is 1. The summed E-state index contributed by atoms with van der Waals surface area (Å²) in [6.45, 7) is 5.99. The number of anilines is 1. The predicted molar refractivity (Wildman–Crippen MR) is 81.6 cm³/mol. The number of rotatable bonds is 5. The summed E-state index contributed by atoms with van der Waals surface area (Å²) in [4.78, 5) is 2.29. The Labute approximate surface area is 117 Å². The molecule has 2 heteroatoms. The van der Waals surface area contributed by atoms with Gasteiger partial charge in [0.1, 0.15) is 0 Å². The van der Waals surface area contributed by atoms with Gasteiger partial charge in [0, 0.05) is 18.8 Å². The van der Waals surface area contributed by atoms with E-state index in [0.717, 1.165) is 13.1 Å². The van der Waals surface area contributed by atoms with Crippen LogP contribution in [0.5, 0.6) is 0 Å². The van der Waals surface area contributed by atoms with E-state index in [9.17, 15) is 5.11 Å². The first-order chi connectivity index (χ1) is 9.20. The average molecular weight is 261 g/mol. The molecule has 0 aromatic heterocycles. The summed E-state index contributed by atoms with van der Waals surface area (Å²) >= 11 is 0. The Morgan fingerprint density at radius 1 is 1.16 bits per heavy atom. The molecule has 1 aromatic rings. The van der Waals surface area contributed by atoms with Gasteiger partial charge in [0.2, 0.25) is 0 Å². The summed E-state index contributed by atoms with van der Waals surface area (Å²) in [5.74, 6) is 0.508. The van der Waals surface area contributed by atoms with Gasteiger partial charge in [-0.1, -0.05) is 37.0 Å². The molecular weight excluding hydrogens is 234 g/mol. The second-order valence-electron chi connectivity index (χ2n) is 5.84. The first-order valence-electron chi connectivity index (χ1n) is 7.70. The smallest absolute Gasteiger partial charge is 0.0743 e. The summed E-state index contributed by atoms with van der Waals surface area (Å²) in [6.07, 6.45) is 6.15. The van der Waals surface area contributed by atoms with Crippen molar-refractivity contribution in [2.45, 2.75) is 52.1 Å². The van der Waals surface area contributed by atoms with Gasteiger partial charge >= 0.3 is 0 Å². The average Bonchev–Trinajstić information content (AvgIpc) is 2.46. The Morgan fingerprint density at radius 2 is 1.79 bits per heavy atom. The highest BCUT2D eigenvalue weighted by atomic mass is 16.3. The maximum atomic E-state index is 10.4. The van der Waals surface area contributed by atoms with Crippen LogP contribution in [0.3, 0.4) is 0 Å². The lowest BCUT2D eigenvalue weighted by Crippen LogP contribution is -2.37. The van der Waals surface area contributed by atoms with Gasteiger partial charge in [-0.05, 0) is 44.7 Å². The number of hydrogen-bond donors (Lipinski definition) is 1. The lowest BCUT2D eigenvalue weighted by molar-refractivity contribution is 0.0902. The molecule has 1 aromatic carbocycles. The summed E-state index contributed by atoms with van der Waals surface area (Å²) in [5, 5.41) is 10.4. The van der Waals surface area contributed by atoms with Crippen molar-refractivity contribution < 1.29 is 5.11 Å². The van der Waals surface area contributed by atoms with Crippen LogP contribution in [0.4, 0.5) is 5.69 Å². The van der Waals surface area contributed by atoms with E-state index >= 15 is 0 Å². The van der Waals surface area contributed by atoms with E-state index in [-0.39, 0.29) is 6.10 Å². The molecule has 1 atom stereocenters. The summed E-state index contributed by atoms with van der Waals surface area (Å²) in [7, 11) is 0. The highest BCUT2D eigenvalue weighted by molar-refractivity contribution is 5.47. The summed E-state index contributed by atoms with van der Waals surface area (Å²) < 4.78 is 0. The van der Waals surface area contributed by atoms with Crippen molar-refractivity contribution >= 4 is 5.69 Å². The number of nitrogens with zero attached hydrogens (tertiary/aromatic N) is 1. The molecule has 0 bridgehead atoms. The second kappa shape index (κ2) is 6.95. The third kappa shape index (κ3) is 3.97. The molecule has 2 rings (SSSR count). The first kappa shape index (κ1) is 14.4. The fourth-order valence-electron chi connectivity index (χ4n) is 3.07. The van der Waals surface area contributed by atoms with Gasteiger partial charge in [-0.2, -0.15) is 0 Å². The lowest BCUT2D eigenvalue weighted by Gasteiger charge is -2.32. The first-order valence-corrected chi connectivity index (χ1v) is 7.70. The minimum Gasteiger partial charge on any atom is -0.391 e. The van der Waals surface area contributed by atoms with Gasteiger partial charge in [-0.25, -0.2) is 0 Å². The van der Waals surface area contributed by atoms with Crippen LogP contribution in [-0.2, 0) is 0 Å². The molecule has 1 unspecified atom stereocenters. The van der Waals surface area contributed by atoms with E-state index in [1.807, 2.05) is 0 Å². The van der Waals surface area contributed by atoms with Gasteiger partial charge in [-0.3, -0.25) is 0 Å². The SMILES string of the molecule is CCN(CC(O)C1CCCCC1)c1ccc(C)cc1. The molecule has 0 aliphatic heterocycles. The molecule has 0 saturated heterocycles. The van der Waals surface area contributed by atoms with E-state index in [1.54, 1.807) is 0 Å². The van der Waals surface area contributed by atoms with Gasteiger partial charge in [0.05, 0.1) is 6.10 Å². The summed E-state index contributed by atoms with van der Waals surface area (Å²) in [6, 6.07) is 8.61. The van der Waals surface area contributed by atoms with E-state index in [0.29, 0.717) is 5.92 Å². The Bertz CT molecular complexity index is 367. The highest BCUT2D eigenvalue weighted by Gasteiger charge is 2.23. The molecule has 0 radical (unpaired) electrons. The molecule has 1 aliphatic carbocycles. The fourth-order valence-corrected chi connectivity index (χ4v) is 3.07. The van der Waals surface area contributed by atoms with Crippen LogP contribution in [0.25, 0.3) is 0 Å². The monoisotopic (exact) mass is 261 g/mol. The molecule has 19 heavy (non-hydrogen) atoms. The van der Waals surface area contributed by atoms with Crippen LogP contribution in [0.15, 0.2) is 24.3 Å². The topological polar surface area (TPSA) is 23.5 Å². The van der Waals surface area contributed by atoms with E-state index < -0.39 is 0 Å². The molecular formula is C17H27NO. The molecule has 106 valence electrons. The zero-order valence-electron chi connectivity index (χ0n) is 12.3. The van der Waals surface area contributed by atoms with Gasteiger partial charge < -0.3 is 10.0 Å². The number of hydrogen-bond acceptors (Lipinski definition) is 2. The number of aryl methyl sites for hydroxylation is 1. The zero-order valence-corrected chi connectivity index (χ0v) is 12.3. The fraction of sp³-hybridized carbons (Fsp3) is 0.647. The molecule has 1 fully saturated rings. The second-order valence-corrected chi connectivity index (χ2v) is 5.84. The quantitative estimate of drug-likeness (QED) is 0.872. The van der Waals surface area contributed by atoms with Crippen molar-refractivity contribution in [2.75, 3.05) is 18.0 Å². The van der Waals surface area contributed by atoms with Crippen LogP contribution in [-0.4, -0.2) is 24.3 Å². The summed E-state index contributed by atoms with van der Waals surface area (Å²) in [5.41, 5.74) is 2.51. The van der Waals surface area contributed by atoms with Gasteiger partial charge in [0.15, 0.2) is 0 Å². The number of aliphatic hydroxyl groups excluding tert-OH is 1. The van der Waals surface area contributed by atoms with Crippen LogP contribution < -0.4 is 4.90 Å². The molecule has 1 N–H and O–H groups in total. The Morgan fingerprint density at radius 3 is 2.37 bits per heavy atom. The van der Waals surface area contributed by atoms with Gasteiger partial charge in [-0.15, -0.1) is 0 Å². The maximum absolute atomic E-state index is 10.4. The number of likely N-dealkylation sites (N-methyl/N-ethyl adjacent to an activating group) is 1. The van der Waals surface area contributed by atoms with Crippen molar-refractivity contribution in [3.05, 3.63) is 29.8 Å². The number of benzene rings is 1. The minimum atomic E-state index is -0.179. The maximum Gasteiger partial charge on any atom is 0.0743 e. The van der Waals surface area contributed by atoms with Gasteiger partial charge in [0.25, 0.3) is 0 Å². The van der Waals surface area contributed by atoms with Crippen LogP contribution in [0.2, 0.25) is 0 Å². The predicted octanol–water partition coefficient (Wildman–Crippen LogP) is 3.76. The molecule has 0 heterocycles. The lowest BCUT2D eigenvalue weighted by atomic mass is 9.85. The highest BCUT2D eigenvalue weighted by Crippen LogP contribution is 2.27. The van der Waals surface area contributed by atoms with E-state index in [4.69, 9.17) is 0 Å². The molecule has 0 spiro atoms. The zero-order chi connectivity index (χ0) is 13.7. The molecule has 0 amide bonds. The van der Waals surface area contributed by atoms with Crippen molar-refractivity contribution in [1.82, 2.24) is 0 Å².